The Morgan fingerprint density at radius 1 is 0.960 bits per heavy atom. The summed E-state index contributed by atoms with van der Waals surface area (Å²) in [6.07, 6.45) is -9.73. The Morgan fingerprint density at radius 3 is 1.92 bits per heavy atom. The number of methoxy groups -OCH3 is 1. The van der Waals surface area contributed by atoms with Crippen molar-refractivity contribution in [2.24, 2.45) is 0 Å². The van der Waals surface area contributed by atoms with E-state index in [2.05, 4.69) is 5.32 Å². The van der Waals surface area contributed by atoms with Gasteiger partial charge in [0, 0.05) is 25.9 Å². The lowest BCUT2D eigenvalue weighted by molar-refractivity contribution is -0.143. The number of rotatable bonds is 5. The Kier molecular flexibility index (Phi) is 6.79. The second-order valence-electron chi connectivity index (χ2n) is 4.85. The van der Waals surface area contributed by atoms with E-state index < -0.39 is 41.0 Å². The van der Waals surface area contributed by atoms with Crippen LogP contribution in [0.25, 0.3) is 0 Å². The Balaban J connectivity index is 2.93. The highest BCUT2D eigenvalue weighted by molar-refractivity contribution is 6.39. The van der Waals surface area contributed by atoms with Crippen molar-refractivity contribution in [1.82, 2.24) is 5.32 Å². The van der Waals surface area contributed by atoms with Gasteiger partial charge >= 0.3 is 24.2 Å². The molecule has 0 spiro atoms. The number of benzene rings is 1. The van der Waals surface area contributed by atoms with Crippen LogP contribution < -0.4 is 10.6 Å². The highest BCUT2D eigenvalue weighted by Crippen LogP contribution is 2.37. The number of carbonyl (C=O) groups excluding carboxylic acids is 2. The molecule has 0 aliphatic rings. The average molecular weight is 372 g/mol. The first-order valence-electron chi connectivity index (χ1n) is 6.82. The largest absolute Gasteiger partial charge is 0.416 e. The number of alkyl halides is 6. The fourth-order valence-corrected chi connectivity index (χ4v) is 1.71. The van der Waals surface area contributed by atoms with Crippen LogP contribution in [0.15, 0.2) is 18.2 Å². The molecule has 25 heavy (non-hydrogen) atoms. The molecule has 0 saturated carbocycles. The molecule has 0 heterocycles. The molecule has 5 nitrogen and oxygen atoms in total. The normalized spacial score (nSPS) is 12.0. The van der Waals surface area contributed by atoms with Crippen LogP contribution in [0.1, 0.15) is 17.5 Å². The molecule has 0 fully saturated rings. The van der Waals surface area contributed by atoms with Gasteiger partial charge in [-0.3, -0.25) is 9.59 Å². The van der Waals surface area contributed by atoms with Crippen molar-refractivity contribution in [3.63, 3.8) is 0 Å². The number of ether oxygens (including phenoxy) is 1. The minimum Gasteiger partial charge on any atom is -0.385 e. The highest BCUT2D eigenvalue weighted by atomic mass is 19.4. The highest BCUT2D eigenvalue weighted by Gasteiger charge is 2.37. The van der Waals surface area contributed by atoms with E-state index in [0.717, 1.165) is 0 Å². The van der Waals surface area contributed by atoms with E-state index in [0.29, 0.717) is 25.2 Å². The number of amides is 2. The molecule has 1 rings (SSSR count). The summed E-state index contributed by atoms with van der Waals surface area (Å²) in [5, 5.41) is 3.88. The Morgan fingerprint density at radius 2 is 1.48 bits per heavy atom. The van der Waals surface area contributed by atoms with Crippen molar-refractivity contribution in [3.8, 4) is 0 Å². The third-order valence-electron chi connectivity index (χ3n) is 2.86. The predicted octanol–water partition coefficient (Wildman–Crippen LogP) is 2.82. The Bertz CT molecular complexity index is 596. The number of hydrogen-bond donors (Lipinski definition) is 2. The van der Waals surface area contributed by atoms with Gasteiger partial charge in [-0.05, 0) is 24.6 Å². The minimum absolute atomic E-state index is 0.0521. The molecule has 0 saturated heterocycles. The number of carbonyl (C=O) groups is 2. The predicted molar refractivity (Wildman–Crippen MR) is 74.6 cm³/mol. The number of halogens is 6. The molecule has 0 radical (unpaired) electrons. The van der Waals surface area contributed by atoms with Gasteiger partial charge in [-0.15, -0.1) is 0 Å². The molecule has 0 aliphatic carbocycles. The van der Waals surface area contributed by atoms with Crippen LogP contribution in [-0.4, -0.2) is 32.1 Å². The first-order valence-corrected chi connectivity index (χ1v) is 6.82. The number of nitrogens with one attached hydrogen (secondary N) is 2. The minimum atomic E-state index is -5.05. The van der Waals surface area contributed by atoms with Gasteiger partial charge in [0.25, 0.3) is 0 Å². The molecule has 0 unspecified atom stereocenters. The maximum absolute atomic E-state index is 12.7. The van der Waals surface area contributed by atoms with Gasteiger partial charge in [-0.2, -0.15) is 26.3 Å². The molecule has 0 bridgehead atoms. The maximum atomic E-state index is 12.7. The fourth-order valence-electron chi connectivity index (χ4n) is 1.71. The molecular weight excluding hydrogens is 358 g/mol. The average Bonchev–Trinajstić information content (AvgIpc) is 2.49. The van der Waals surface area contributed by atoms with Gasteiger partial charge in [0.15, 0.2) is 0 Å². The van der Waals surface area contributed by atoms with E-state index in [1.54, 1.807) is 5.32 Å². The van der Waals surface area contributed by atoms with Crippen molar-refractivity contribution in [1.29, 1.82) is 0 Å². The topological polar surface area (TPSA) is 67.4 Å². The summed E-state index contributed by atoms with van der Waals surface area (Å²) in [7, 11) is 1.42. The van der Waals surface area contributed by atoms with Gasteiger partial charge < -0.3 is 15.4 Å². The zero-order valence-corrected chi connectivity index (χ0v) is 12.8. The standard InChI is InChI=1S/C14H14F6N2O3/c1-25-4-2-3-21-11(23)12(24)22-10-6-8(13(15,16)17)5-9(7-10)14(18,19)20/h5-7H,2-4H2,1H3,(H,21,23)(H,22,24). The molecular formula is C14H14F6N2O3. The van der Waals surface area contributed by atoms with Crippen molar-refractivity contribution in [2.45, 2.75) is 18.8 Å². The van der Waals surface area contributed by atoms with Crippen LogP contribution >= 0.6 is 0 Å². The number of hydrogen-bond acceptors (Lipinski definition) is 3. The third kappa shape index (κ3) is 6.61. The van der Waals surface area contributed by atoms with Crippen LogP contribution in [0.4, 0.5) is 32.0 Å². The summed E-state index contributed by atoms with van der Waals surface area (Å²) < 4.78 is 80.9. The second-order valence-corrected chi connectivity index (χ2v) is 4.85. The van der Waals surface area contributed by atoms with Crippen LogP contribution in [0.3, 0.4) is 0 Å². The lowest BCUT2D eigenvalue weighted by Crippen LogP contribution is -2.36. The third-order valence-corrected chi connectivity index (χ3v) is 2.86. The lowest BCUT2D eigenvalue weighted by atomic mass is 10.1. The van der Waals surface area contributed by atoms with Crippen molar-refractivity contribution in [2.75, 3.05) is 25.6 Å². The van der Waals surface area contributed by atoms with E-state index in [1.165, 1.54) is 7.11 Å². The summed E-state index contributed by atoms with van der Waals surface area (Å²) in [6, 6.07) is 0.539. The molecule has 0 aromatic heterocycles. The van der Waals surface area contributed by atoms with E-state index in [1.807, 2.05) is 0 Å². The van der Waals surface area contributed by atoms with Crippen LogP contribution in [0.2, 0.25) is 0 Å². The summed E-state index contributed by atoms with van der Waals surface area (Å²) in [5.41, 5.74) is -3.99. The van der Waals surface area contributed by atoms with Crippen molar-refractivity contribution < 1.29 is 40.7 Å². The summed E-state index contributed by atoms with van der Waals surface area (Å²) in [5.74, 6) is -2.58. The van der Waals surface area contributed by atoms with E-state index in [-0.39, 0.29) is 12.6 Å². The van der Waals surface area contributed by atoms with Gasteiger partial charge in [0.1, 0.15) is 0 Å². The lowest BCUT2D eigenvalue weighted by Gasteiger charge is -2.14. The first-order chi connectivity index (χ1) is 11.4. The van der Waals surface area contributed by atoms with Gasteiger partial charge in [0.05, 0.1) is 11.1 Å². The Labute approximate surface area is 138 Å². The fraction of sp³-hybridized carbons (Fsp3) is 0.429. The molecule has 2 amide bonds. The molecule has 140 valence electrons. The van der Waals surface area contributed by atoms with Crippen LogP contribution in [-0.2, 0) is 26.7 Å². The zero-order chi connectivity index (χ0) is 19.3. The molecule has 0 atom stereocenters. The van der Waals surface area contributed by atoms with Crippen LogP contribution in [0.5, 0.6) is 0 Å². The first kappa shape index (κ1) is 20.7. The zero-order valence-electron chi connectivity index (χ0n) is 12.8. The number of anilines is 1. The molecule has 11 heteroatoms. The molecule has 1 aromatic rings. The second kappa shape index (κ2) is 8.19. The Hall–Kier alpha value is -2.30. The van der Waals surface area contributed by atoms with Crippen molar-refractivity contribution in [3.05, 3.63) is 29.3 Å². The van der Waals surface area contributed by atoms with E-state index in [9.17, 15) is 35.9 Å². The quantitative estimate of drug-likeness (QED) is 0.475. The van der Waals surface area contributed by atoms with Gasteiger partial charge in [0.2, 0.25) is 0 Å². The van der Waals surface area contributed by atoms with E-state index in [4.69, 9.17) is 4.74 Å². The van der Waals surface area contributed by atoms with E-state index >= 15 is 0 Å². The molecule has 2 N–H and O–H groups in total. The SMILES string of the molecule is COCCCNC(=O)C(=O)Nc1cc(C(F)(F)F)cc(C(F)(F)F)c1. The van der Waals surface area contributed by atoms with Gasteiger partial charge in [-0.25, -0.2) is 0 Å². The molecule has 1 aromatic carbocycles. The van der Waals surface area contributed by atoms with Gasteiger partial charge in [-0.1, -0.05) is 0 Å². The van der Waals surface area contributed by atoms with Crippen molar-refractivity contribution >= 4 is 17.5 Å². The summed E-state index contributed by atoms with van der Waals surface area (Å²) in [4.78, 5) is 23.0. The smallest absolute Gasteiger partial charge is 0.385 e. The molecule has 0 aliphatic heterocycles. The maximum Gasteiger partial charge on any atom is 0.416 e. The summed E-state index contributed by atoms with van der Waals surface area (Å²) in [6.45, 7) is 0.348. The monoisotopic (exact) mass is 372 g/mol. The van der Waals surface area contributed by atoms with Crippen LogP contribution in [0, 0.1) is 0 Å². The summed E-state index contributed by atoms with van der Waals surface area (Å²) >= 11 is 0.